The smallest absolute Gasteiger partial charge is 0.146 e. The third-order valence-corrected chi connectivity index (χ3v) is 0.660. The summed E-state index contributed by atoms with van der Waals surface area (Å²) in [7, 11) is 0. The molecular weight excluding hydrogens is 80.0 g/mol. The molecule has 1 rings (SSSR count). The van der Waals surface area contributed by atoms with Gasteiger partial charge in [-0.3, -0.25) is 0 Å². The van der Waals surface area contributed by atoms with E-state index in [1.165, 1.54) is 0 Å². The zero-order valence-electron chi connectivity index (χ0n) is 4.52. The topological polar surface area (TPSA) is 18.5 Å². The molecule has 0 atom stereocenters. The minimum absolute atomic E-state index is 0.675. The monoisotopic (exact) mass is 89.1 g/mol. The average Bonchev–Trinajstić information content (AvgIpc) is 1.69. The molecule has 0 aromatic carbocycles. The Morgan fingerprint density at radius 2 is 2.00 bits per heavy atom. The van der Waals surface area contributed by atoms with Gasteiger partial charge in [-0.25, -0.2) is 0 Å². The van der Waals surface area contributed by atoms with Crippen LogP contribution in [0.1, 0.15) is 7.79 Å². The van der Waals surface area contributed by atoms with Crippen molar-refractivity contribution in [1.82, 2.24) is 0 Å². The fourth-order valence-electron chi connectivity index (χ4n) is 0.370. The van der Waals surface area contributed by atoms with Gasteiger partial charge in [0.15, 0.2) is 0 Å². The zero-order valence-corrected chi connectivity index (χ0v) is 3.52. The van der Waals surface area contributed by atoms with E-state index in [2.05, 4.69) is 0 Å². The van der Waals surface area contributed by atoms with Crippen LogP contribution in [0.3, 0.4) is 0 Å². The van der Waals surface area contributed by atoms with Gasteiger partial charge in [0.2, 0.25) is 0 Å². The van der Waals surface area contributed by atoms with Crippen molar-refractivity contribution in [3.8, 4) is 0 Å². The van der Waals surface area contributed by atoms with E-state index in [1.807, 2.05) is 0 Å². The Labute approximate surface area is 38.5 Å². The van der Waals surface area contributed by atoms with Crippen LogP contribution in [0.25, 0.3) is 0 Å². The molecule has 6 heavy (non-hydrogen) atoms. The van der Waals surface area contributed by atoms with Crippen molar-refractivity contribution >= 4 is 0 Å². The zero-order chi connectivity index (χ0) is 5.11. The van der Waals surface area contributed by atoms with Crippen molar-refractivity contribution < 1.29 is 10.8 Å². The summed E-state index contributed by atoms with van der Waals surface area (Å²) in [4.78, 5) is 0. The van der Waals surface area contributed by atoms with Crippen LogP contribution in [0.4, 0.5) is 0 Å². The van der Waals surface area contributed by atoms with Crippen LogP contribution in [0.2, 0.25) is 0 Å². The average molecular weight is 89.1 g/mol. The van der Waals surface area contributed by atoms with Crippen LogP contribution in [-0.4, -0.2) is 20.0 Å². The van der Waals surface area contributed by atoms with E-state index in [1.54, 1.807) is 0 Å². The summed E-state index contributed by atoms with van der Waals surface area (Å²) in [6.45, 7) is 0.635. The summed E-state index contributed by atoms with van der Waals surface area (Å²) in [5.41, 5.74) is 0. The van der Waals surface area contributed by atoms with Gasteiger partial charge in [-0.2, -0.15) is 0 Å². The standard InChI is InChI=1S/C4H8O2/c1-2-5-4-6-3-1/h1-4H2/i4D. The van der Waals surface area contributed by atoms with E-state index in [4.69, 9.17) is 10.8 Å². The second kappa shape index (κ2) is 2.16. The van der Waals surface area contributed by atoms with Crippen molar-refractivity contribution in [3.05, 3.63) is 0 Å². The van der Waals surface area contributed by atoms with Gasteiger partial charge in [-0.05, 0) is 6.42 Å². The molecule has 1 heterocycles. The molecule has 0 aromatic rings. The second-order valence-corrected chi connectivity index (χ2v) is 1.19. The predicted molar refractivity (Wildman–Crippen MR) is 21.4 cm³/mol. The Morgan fingerprint density at radius 3 is 2.33 bits per heavy atom. The summed E-state index contributed by atoms with van der Waals surface area (Å²) in [5, 5.41) is 0. The van der Waals surface area contributed by atoms with Gasteiger partial charge in [0.1, 0.15) is 6.77 Å². The number of hydrogen-bond acceptors (Lipinski definition) is 2. The van der Waals surface area contributed by atoms with Gasteiger partial charge in [-0.15, -0.1) is 0 Å². The first-order valence-electron chi connectivity index (χ1n) is 2.63. The van der Waals surface area contributed by atoms with E-state index in [-0.39, 0.29) is 0 Å². The van der Waals surface area contributed by atoms with Crippen LogP contribution in [0, 0.1) is 0 Å². The quantitative estimate of drug-likeness (QED) is 0.427. The highest BCUT2D eigenvalue weighted by Gasteiger charge is 1.94. The minimum Gasteiger partial charge on any atom is -0.355 e. The van der Waals surface area contributed by atoms with E-state index in [0.717, 1.165) is 6.42 Å². The van der Waals surface area contributed by atoms with Crippen LogP contribution in [0.15, 0.2) is 0 Å². The highest BCUT2D eigenvalue weighted by atomic mass is 16.7. The first-order chi connectivity index (χ1) is 3.39. The van der Waals surface area contributed by atoms with E-state index in [0.29, 0.717) is 13.2 Å². The summed E-state index contributed by atoms with van der Waals surface area (Å²) in [6.07, 6.45) is 0.926. The Hall–Kier alpha value is -0.0800. The number of rotatable bonds is 0. The first kappa shape index (κ1) is 2.99. The Bertz CT molecular complexity index is 51.7. The lowest BCUT2D eigenvalue weighted by Crippen LogP contribution is -2.11. The van der Waals surface area contributed by atoms with E-state index < -0.39 is 6.77 Å². The van der Waals surface area contributed by atoms with Crippen molar-refractivity contribution in [3.63, 3.8) is 0 Å². The normalized spacial score (nSPS) is 29.7. The molecule has 1 aliphatic heterocycles. The summed E-state index contributed by atoms with van der Waals surface area (Å²) in [5.74, 6) is 0. The lowest BCUT2D eigenvalue weighted by Gasteiger charge is -2.09. The molecule has 36 valence electrons. The maximum absolute atomic E-state index is 6.83. The molecular formula is C4H8O2. The molecule has 0 N–H and O–H groups in total. The van der Waals surface area contributed by atoms with Crippen LogP contribution >= 0.6 is 0 Å². The fraction of sp³-hybridized carbons (Fsp3) is 1.00. The SMILES string of the molecule is [2H]C1OCCCO1. The van der Waals surface area contributed by atoms with Gasteiger partial charge in [0, 0.05) is 0 Å². The summed E-state index contributed by atoms with van der Waals surface area (Å²) < 4.78 is 16.3. The largest absolute Gasteiger partial charge is 0.355 e. The lowest BCUT2D eigenvalue weighted by molar-refractivity contribution is -0.0963. The first-order valence-corrected chi connectivity index (χ1v) is 2.05. The van der Waals surface area contributed by atoms with Gasteiger partial charge in [0.25, 0.3) is 0 Å². The van der Waals surface area contributed by atoms with Crippen molar-refractivity contribution in [2.24, 2.45) is 0 Å². The summed E-state index contributed by atoms with van der Waals surface area (Å²) >= 11 is 0. The lowest BCUT2D eigenvalue weighted by atomic mass is 10.5. The molecule has 1 fully saturated rings. The van der Waals surface area contributed by atoms with Gasteiger partial charge >= 0.3 is 0 Å². The maximum Gasteiger partial charge on any atom is 0.146 e. The van der Waals surface area contributed by atoms with E-state index in [9.17, 15) is 0 Å². The third kappa shape index (κ3) is 0.954. The van der Waals surface area contributed by atoms with Crippen molar-refractivity contribution in [1.29, 1.82) is 0 Å². The Kier molecular flexibility index (Phi) is 1.08. The second-order valence-electron chi connectivity index (χ2n) is 1.19. The van der Waals surface area contributed by atoms with Crippen LogP contribution in [0.5, 0.6) is 0 Å². The number of ether oxygens (including phenoxy) is 2. The molecule has 1 saturated heterocycles. The molecule has 0 spiro atoms. The number of hydrogen-bond donors (Lipinski definition) is 0. The van der Waals surface area contributed by atoms with Gasteiger partial charge < -0.3 is 9.47 Å². The molecule has 0 amide bonds. The molecule has 0 unspecified atom stereocenters. The minimum atomic E-state index is -0.714. The highest BCUT2D eigenvalue weighted by molar-refractivity contribution is 4.34. The molecule has 2 heteroatoms. The van der Waals surface area contributed by atoms with Crippen molar-refractivity contribution in [2.45, 2.75) is 6.42 Å². The molecule has 2 nitrogen and oxygen atoms in total. The Balaban J connectivity index is 2.12. The van der Waals surface area contributed by atoms with E-state index >= 15 is 0 Å². The fourth-order valence-corrected chi connectivity index (χ4v) is 0.370. The van der Waals surface area contributed by atoms with Gasteiger partial charge in [-0.1, -0.05) is 0 Å². The highest BCUT2D eigenvalue weighted by Crippen LogP contribution is 1.91. The molecule has 0 saturated carbocycles. The van der Waals surface area contributed by atoms with Crippen molar-refractivity contribution in [2.75, 3.05) is 20.0 Å². The summed E-state index contributed by atoms with van der Waals surface area (Å²) in [6, 6.07) is 0. The Morgan fingerprint density at radius 1 is 1.33 bits per heavy atom. The molecule has 0 aliphatic carbocycles. The third-order valence-electron chi connectivity index (χ3n) is 0.660. The molecule has 1 aliphatic rings. The van der Waals surface area contributed by atoms with Gasteiger partial charge in [0.05, 0.1) is 14.6 Å². The maximum atomic E-state index is 6.83. The van der Waals surface area contributed by atoms with Crippen LogP contribution < -0.4 is 0 Å². The predicted octanol–water partition coefficient (Wildman–Crippen LogP) is 0.381. The molecule has 0 bridgehead atoms. The molecule has 0 radical (unpaired) electrons. The van der Waals surface area contributed by atoms with Crippen LogP contribution in [-0.2, 0) is 9.47 Å². The molecule has 0 aromatic heterocycles.